The van der Waals surface area contributed by atoms with Gasteiger partial charge >= 0.3 is 0 Å². The van der Waals surface area contributed by atoms with Gasteiger partial charge < -0.3 is 9.80 Å². The fourth-order valence-electron chi connectivity index (χ4n) is 3.02. The Morgan fingerprint density at radius 1 is 1.30 bits per heavy atom. The maximum absolute atomic E-state index is 12.5. The molecule has 1 amide bonds. The van der Waals surface area contributed by atoms with Crippen LogP contribution >= 0.6 is 0 Å². The van der Waals surface area contributed by atoms with E-state index in [1.165, 1.54) is 0 Å². The summed E-state index contributed by atoms with van der Waals surface area (Å²) in [5, 5.41) is 4.07. The minimum Gasteiger partial charge on any atom is -0.356 e. The molecule has 0 unspecified atom stereocenters. The van der Waals surface area contributed by atoms with E-state index in [4.69, 9.17) is 0 Å². The van der Waals surface area contributed by atoms with Crippen molar-refractivity contribution < 1.29 is 4.79 Å². The van der Waals surface area contributed by atoms with Gasteiger partial charge in [-0.15, -0.1) is 0 Å². The van der Waals surface area contributed by atoms with Crippen LogP contribution in [-0.4, -0.2) is 56.7 Å². The Bertz CT molecular complexity index is 689. The number of nitrogens with zero attached hydrogens (tertiary/aromatic N) is 6. The number of likely N-dealkylation sites (tertiary alicyclic amines) is 1. The Balaban J connectivity index is 1.62. The molecule has 122 valence electrons. The zero-order chi connectivity index (χ0) is 16.4. The summed E-state index contributed by atoms with van der Waals surface area (Å²) < 4.78 is 1.63. The zero-order valence-corrected chi connectivity index (χ0v) is 13.8. The summed E-state index contributed by atoms with van der Waals surface area (Å²) >= 11 is 0. The summed E-state index contributed by atoms with van der Waals surface area (Å²) in [5.74, 6) is 0.998. The average Bonchev–Trinajstić information content (AvgIpc) is 3.00. The van der Waals surface area contributed by atoms with Gasteiger partial charge in [-0.05, 0) is 25.8 Å². The van der Waals surface area contributed by atoms with E-state index >= 15 is 0 Å². The van der Waals surface area contributed by atoms with Crippen molar-refractivity contribution in [2.45, 2.75) is 25.8 Å². The lowest BCUT2D eigenvalue weighted by atomic mass is 10.0. The van der Waals surface area contributed by atoms with Crippen molar-refractivity contribution in [1.29, 1.82) is 0 Å². The molecule has 3 rings (SSSR count). The molecule has 0 atom stereocenters. The van der Waals surface area contributed by atoms with Gasteiger partial charge in [-0.1, -0.05) is 0 Å². The molecule has 7 nitrogen and oxygen atoms in total. The van der Waals surface area contributed by atoms with Crippen molar-refractivity contribution in [1.82, 2.24) is 24.6 Å². The van der Waals surface area contributed by atoms with Crippen LogP contribution in [0.25, 0.3) is 0 Å². The highest BCUT2D eigenvalue weighted by Crippen LogP contribution is 2.21. The van der Waals surface area contributed by atoms with Gasteiger partial charge in [0.1, 0.15) is 17.8 Å². The monoisotopic (exact) mass is 314 g/mol. The van der Waals surface area contributed by atoms with Crippen LogP contribution in [0.15, 0.2) is 24.7 Å². The molecule has 1 aliphatic rings. The van der Waals surface area contributed by atoms with Gasteiger partial charge in [-0.25, -0.2) is 9.97 Å². The Morgan fingerprint density at radius 2 is 2.04 bits per heavy atom. The summed E-state index contributed by atoms with van der Waals surface area (Å²) in [4.78, 5) is 25.1. The lowest BCUT2D eigenvalue weighted by molar-refractivity contribution is 0.0702. The predicted octanol–water partition coefficient (Wildman–Crippen LogP) is 1.26. The molecule has 0 N–H and O–H groups in total. The van der Waals surface area contributed by atoms with Gasteiger partial charge in [-0.3, -0.25) is 9.48 Å². The molecule has 0 spiro atoms. The summed E-state index contributed by atoms with van der Waals surface area (Å²) in [6, 6.07) is 4.15. The molecule has 1 aliphatic heterocycles. The fourth-order valence-corrected chi connectivity index (χ4v) is 3.02. The summed E-state index contributed by atoms with van der Waals surface area (Å²) in [6.07, 6.45) is 5.12. The van der Waals surface area contributed by atoms with Gasteiger partial charge in [0.15, 0.2) is 0 Å². The third-order valence-electron chi connectivity index (χ3n) is 4.49. The van der Waals surface area contributed by atoms with E-state index in [9.17, 15) is 4.79 Å². The first-order valence-corrected chi connectivity index (χ1v) is 7.85. The Morgan fingerprint density at radius 3 is 2.65 bits per heavy atom. The zero-order valence-electron chi connectivity index (χ0n) is 13.8. The molecular weight excluding hydrogens is 292 g/mol. The van der Waals surface area contributed by atoms with E-state index in [1.807, 2.05) is 17.9 Å². The third kappa shape index (κ3) is 3.18. The second-order valence-electron chi connectivity index (χ2n) is 5.99. The lowest BCUT2D eigenvalue weighted by Gasteiger charge is -2.37. The second-order valence-corrected chi connectivity index (χ2v) is 5.99. The van der Waals surface area contributed by atoms with Crippen LogP contribution in [0.1, 0.15) is 29.0 Å². The fraction of sp³-hybridized carbons (Fsp3) is 0.500. The van der Waals surface area contributed by atoms with Gasteiger partial charge in [0.25, 0.3) is 5.91 Å². The number of carbonyl (C=O) groups excluding carboxylic acids is 1. The van der Waals surface area contributed by atoms with Gasteiger partial charge in [-0.2, -0.15) is 5.10 Å². The van der Waals surface area contributed by atoms with E-state index < -0.39 is 0 Å². The highest BCUT2D eigenvalue weighted by Gasteiger charge is 2.27. The number of rotatable bonds is 3. The molecule has 0 radical (unpaired) electrons. The molecule has 0 bridgehead atoms. The Labute approximate surface area is 135 Å². The Hall–Kier alpha value is -2.44. The lowest BCUT2D eigenvalue weighted by Crippen LogP contribution is -2.46. The molecular formula is C16H22N6O. The van der Waals surface area contributed by atoms with E-state index in [1.54, 1.807) is 30.3 Å². The van der Waals surface area contributed by atoms with Crippen LogP contribution in [0.2, 0.25) is 0 Å². The highest BCUT2D eigenvalue weighted by atomic mass is 16.2. The first-order chi connectivity index (χ1) is 11.1. The normalized spacial score (nSPS) is 15.7. The maximum Gasteiger partial charge on any atom is 0.272 e. The van der Waals surface area contributed by atoms with E-state index in [0.717, 1.165) is 37.4 Å². The molecule has 3 heterocycles. The average molecular weight is 314 g/mol. The van der Waals surface area contributed by atoms with Gasteiger partial charge in [0.05, 0.1) is 0 Å². The molecule has 0 saturated carbocycles. The summed E-state index contributed by atoms with van der Waals surface area (Å²) in [5.41, 5.74) is 1.61. The summed E-state index contributed by atoms with van der Waals surface area (Å²) in [7, 11) is 3.86. The van der Waals surface area contributed by atoms with Crippen molar-refractivity contribution >= 4 is 11.7 Å². The first kappa shape index (κ1) is 15.5. The van der Waals surface area contributed by atoms with Gasteiger partial charge in [0, 0.05) is 51.2 Å². The number of amides is 1. The predicted molar refractivity (Wildman–Crippen MR) is 87.3 cm³/mol. The molecule has 0 aliphatic carbocycles. The minimum absolute atomic E-state index is 0.0592. The number of hydrogen-bond donors (Lipinski definition) is 0. The number of aryl methyl sites for hydroxylation is 2. The maximum atomic E-state index is 12.5. The standard InChI is InChI=1S/C16H22N6O/c1-12-10-15(18-11-17-12)20(2)13-5-8-22(9-6-13)16(23)14-4-7-19-21(14)3/h4,7,10-11,13H,5-6,8-9H2,1-3H3. The highest BCUT2D eigenvalue weighted by molar-refractivity contribution is 5.92. The number of carbonyl (C=O) groups is 1. The van der Waals surface area contributed by atoms with Crippen molar-refractivity contribution in [3.63, 3.8) is 0 Å². The third-order valence-corrected chi connectivity index (χ3v) is 4.49. The topological polar surface area (TPSA) is 67.2 Å². The molecule has 23 heavy (non-hydrogen) atoms. The van der Waals surface area contributed by atoms with Crippen LogP contribution in [-0.2, 0) is 7.05 Å². The molecule has 0 aromatic carbocycles. The number of piperidine rings is 1. The van der Waals surface area contributed by atoms with E-state index in [-0.39, 0.29) is 5.91 Å². The molecule has 1 fully saturated rings. The summed E-state index contributed by atoms with van der Waals surface area (Å²) in [6.45, 7) is 3.47. The van der Waals surface area contributed by atoms with Crippen LogP contribution in [0, 0.1) is 6.92 Å². The molecule has 7 heteroatoms. The van der Waals surface area contributed by atoms with Crippen LogP contribution < -0.4 is 4.90 Å². The molecule has 1 saturated heterocycles. The first-order valence-electron chi connectivity index (χ1n) is 7.85. The number of aromatic nitrogens is 4. The van der Waals surface area contributed by atoms with Crippen LogP contribution in [0.5, 0.6) is 0 Å². The van der Waals surface area contributed by atoms with Gasteiger partial charge in [0.2, 0.25) is 0 Å². The smallest absolute Gasteiger partial charge is 0.272 e. The van der Waals surface area contributed by atoms with Crippen LogP contribution in [0.3, 0.4) is 0 Å². The van der Waals surface area contributed by atoms with E-state index in [2.05, 4.69) is 27.0 Å². The van der Waals surface area contributed by atoms with Crippen molar-refractivity contribution in [2.75, 3.05) is 25.0 Å². The SMILES string of the molecule is Cc1cc(N(C)C2CCN(C(=O)c3ccnn3C)CC2)ncn1. The largest absolute Gasteiger partial charge is 0.356 e. The Kier molecular flexibility index (Phi) is 4.27. The second kappa shape index (κ2) is 6.36. The minimum atomic E-state index is 0.0592. The van der Waals surface area contributed by atoms with Crippen molar-refractivity contribution in [2.24, 2.45) is 7.05 Å². The quantitative estimate of drug-likeness (QED) is 0.853. The number of anilines is 1. The number of hydrogen-bond acceptors (Lipinski definition) is 5. The molecule has 2 aromatic rings. The van der Waals surface area contributed by atoms with Crippen molar-refractivity contribution in [3.8, 4) is 0 Å². The van der Waals surface area contributed by atoms with E-state index in [0.29, 0.717) is 11.7 Å². The molecule has 2 aromatic heterocycles. The van der Waals surface area contributed by atoms with Crippen LogP contribution in [0.4, 0.5) is 5.82 Å². The van der Waals surface area contributed by atoms with Crippen molar-refractivity contribution in [3.05, 3.63) is 36.0 Å².